The minimum absolute atomic E-state index is 0.380. The molecule has 16 heteroatoms. The highest BCUT2D eigenvalue weighted by atomic mass is 32.2. The second-order valence-corrected chi connectivity index (χ2v) is 7.45. The molecular weight excluding hydrogens is 469 g/mol. The lowest BCUT2D eigenvalue weighted by molar-refractivity contribution is -0.385. The molecule has 0 unspecified atom stereocenters. The Kier molecular flexibility index (Phi) is 6.16. The van der Waals surface area contributed by atoms with Gasteiger partial charge in [-0.05, 0) is 6.07 Å². The monoisotopic (exact) mass is 476 g/mol. The molecule has 8 nitrogen and oxygen atoms in total. The molecule has 0 aromatic heterocycles. The van der Waals surface area contributed by atoms with Crippen LogP contribution in [0.25, 0.3) is 0 Å². The van der Waals surface area contributed by atoms with Crippen molar-refractivity contribution in [1.29, 1.82) is 0 Å². The van der Waals surface area contributed by atoms with Crippen molar-refractivity contribution in [3.8, 4) is 11.5 Å². The third-order valence-electron chi connectivity index (χ3n) is 3.41. The Labute approximate surface area is 167 Å². The molecule has 0 aliphatic rings. The Bertz CT molecular complexity index is 1170. The Morgan fingerprint density at radius 2 is 1.58 bits per heavy atom. The van der Waals surface area contributed by atoms with E-state index in [1.54, 1.807) is 0 Å². The summed E-state index contributed by atoms with van der Waals surface area (Å²) in [5, 5.41) is 11.0. The number of amides is 1. The number of halogens is 7. The number of nitrogens with zero attached hydrogens (tertiary/aromatic N) is 1. The van der Waals surface area contributed by atoms with E-state index in [1.165, 1.54) is 4.72 Å². The van der Waals surface area contributed by atoms with Crippen LogP contribution in [-0.2, 0) is 16.2 Å². The summed E-state index contributed by atoms with van der Waals surface area (Å²) in [6.07, 6.45) is -5.27. The SMILES string of the molecule is CS(=O)(=O)NC(=O)c1cc(Oc2c(F)c(F)c(C(F)(F)F)c(F)c2F)ccc1[N+](=O)[O-]. The van der Waals surface area contributed by atoms with E-state index in [1.807, 2.05) is 0 Å². The first-order chi connectivity index (χ1) is 14.0. The van der Waals surface area contributed by atoms with E-state index in [0.717, 1.165) is 0 Å². The lowest BCUT2D eigenvalue weighted by Gasteiger charge is -2.15. The molecule has 0 radical (unpaired) electrons. The van der Waals surface area contributed by atoms with Crippen molar-refractivity contribution in [3.05, 3.63) is 62.7 Å². The maximum atomic E-state index is 13.9. The average molecular weight is 476 g/mol. The minimum Gasteiger partial charge on any atom is -0.451 e. The molecular formula is C15H7F7N2O6S. The van der Waals surface area contributed by atoms with Crippen LogP contribution in [-0.4, -0.2) is 25.5 Å². The number of hydrogen-bond acceptors (Lipinski definition) is 6. The Hall–Kier alpha value is -3.43. The van der Waals surface area contributed by atoms with Gasteiger partial charge in [-0.15, -0.1) is 0 Å². The van der Waals surface area contributed by atoms with Crippen molar-refractivity contribution in [1.82, 2.24) is 4.72 Å². The number of nitro benzene ring substituents is 1. The van der Waals surface area contributed by atoms with Gasteiger partial charge in [0.15, 0.2) is 11.6 Å². The molecule has 0 spiro atoms. The summed E-state index contributed by atoms with van der Waals surface area (Å²) in [6, 6.07) is 1.48. The zero-order chi connectivity index (χ0) is 23.9. The summed E-state index contributed by atoms with van der Waals surface area (Å²) in [4.78, 5) is 21.8. The van der Waals surface area contributed by atoms with Gasteiger partial charge in [0.05, 0.1) is 11.2 Å². The van der Waals surface area contributed by atoms with Crippen LogP contribution in [0.15, 0.2) is 18.2 Å². The van der Waals surface area contributed by atoms with Crippen LogP contribution in [0, 0.1) is 33.4 Å². The second kappa shape index (κ2) is 8.01. The van der Waals surface area contributed by atoms with Crippen molar-refractivity contribution in [2.24, 2.45) is 0 Å². The van der Waals surface area contributed by atoms with Gasteiger partial charge in [-0.1, -0.05) is 0 Å². The molecule has 0 aliphatic heterocycles. The number of nitro groups is 1. The maximum Gasteiger partial charge on any atom is 0.422 e. The number of carbonyl (C=O) groups excluding carboxylic acids is 1. The van der Waals surface area contributed by atoms with Crippen LogP contribution in [0.2, 0.25) is 0 Å². The molecule has 2 rings (SSSR count). The molecule has 2 aromatic rings. The number of rotatable bonds is 5. The van der Waals surface area contributed by atoms with E-state index < -0.39 is 78.6 Å². The highest BCUT2D eigenvalue weighted by Gasteiger charge is 2.43. The van der Waals surface area contributed by atoms with Crippen molar-refractivity contribution in [3.63, 3.8) is 0 Å². The number of carbonyl (C=O) groups is 1. The molecule has 2 aromatic carbocycles. The molecule has 1 N–H and O–H groups in total. The predicted octanol–water partition coefficient (Wildman–Crippen LogP) is 3.65. The number of hydrogen-bond donors (Lipinski definition) is 1. The van der Waals surface area contributed by atoms with Gasteiger partial charge < -0.3 is 4.74 Å². The predicted molar refractivity (Wildman–Crippen MR) is 86.8 cm³/mol. The number of ether oxygens (including phenoxy) is 1. The first kappa shape index (κ1) is 23.8. The van der Waals surface area contributed by atoms with Gasteiger partial charge in [0.2, 0.25) is 27.4 Å². The van der Waals surface area contributed by atoms with Crippen LogP contribution < -0.4 is 9.46 Å². The van der Waals surface area contributed by atoms with E-state index in [-0.39, 0.29) is 0 Å². The largest absolute Gasteiger partial charge is 0.451 e. The van der Waals surface area contributed by atoms with E-state index in [4.69, 9.17) is 0 Å². The summed E-state index contributed by atoms with van der Waals surface area (Å²) >= 11 is 0. The quantitative estimate of drug-likeness (QED) is 0.305. The maximum absolute atomic E-state index is 13.9. The van der Waals surface area contributed by atoms with Gasteiger partial charge in [-0.3, -0.25) is 14.9 Å². The van der Waals surface area contributed by atoms with E-state index in [0.29, 0.717) is 24.5 Å². The van der Waals surface area contributed by atoms with E-state index in [9.17, 15) is 54.1 Å². The second-order valence-electron chi connectivity index (χ2n) is 5.70. The summed E-state index contributed by atoms with van der Waals surface area (Å²) in [6.45, 7) is 0. The zero-order valence-corrected chi connectivity index (χ0v) is 15.5. The molecule has 0 saturated carbocycles. The highest BCUT2D eigenvalue weighted by molar-refractivity contribution is 7.89. The van der Waals surface area contributed by atoms with Crippen molar-refractivity contribution < 1.29 is 53.6 Å². The molecule has 0 fully saturated rings. The molecule has 0 aliphatic carbocycles. The van der Waals surface area contributed by atoms with Crippen molar-refractivity contribution in [2.45, 2.75) is 6.18 Å². The third kappa shape index (κ3) is 5.01. The molecule has 0 heterocycles. The van der Waals surface area contributed by atoms with Gasteiger partial charge >= 0.3 is 6.18 Å². The van der Waals surface area contributed by atoms with Crippen LogP contribution in [0.5, 0.6) is 11.5 Å². The fraction of sp³-hybridized carbons (Fsp3) is 0.133. The van der Waals surface area contributed by atoms with Gasteiger partial charge in [0, 0.05) is 12.1 Å². The van der Waals surface area contributed by atoms with Gasteiger partial charge in [-0.25, -0.2) is 21.9 Å². The highest BCUT2D eigenvalue weighted by Crippen LogP contribution is 2.40. The smallest absolute Gasteiger partial charge is 0.422 e. The first-order valence-electron chi connectivity index (χ1n) is 7.46. The van der Waals surface area contributed by atoms with Crippen molar-refractivity contribution >= 4 is 21.6 Å². The van der Waals surface area contributed by atoms with Crippen LogP contribution in [0.1, 0.15) is 15.9 Å². The van der Waals surface area contributed by atoms with Crippen molar-refractivity contribution in [2.75, 3.05) is 6.26 Å². The third-order valence-corrected chi connectivity index (χ3v) is 3.97. The normalized spacial score (nSPS) is 11.9. The van der Waals surface area contributed by atoms with Gasteiger partial charge in [0.1, 0.15) is 16.9 Å². The molecule has 1 amide bonds. The lowest BCUT2D eigenvalue weighted by Crippen LogP contribution is -2.29. The van der Waals surface area contributed by atoms with E-state index in [2.05, 4.69) is 4.74 Å². The molecule has 31 heavy (non-hydrogen) atoms. The fourth-order valence-electron chi connectivity index (χ4n) is 2.21. The fourth-order valence-corrected chi connectivity index (χ4v) is 2.66. The molecule has 0 bridgehead atoms. The van der Waals surface area contributed by atoms with Crippen LogP contribution in [0.3, 0.4) is 0 Å². The Morgan fingerprint density at radius 1 is 1.06 bits per heavy atom. The van der Waals surface area contributed by atoms with Crippen LogP contribution >= 0.6 is 0 Å². The first-order valence-corrected chi connectivity index (χ1v) is 9.35. The minimum atomic E-state index is -5.79. The van der Waals surface area contributed by atoms with Crippen LogP contribution in [0.4, 0.5) is 36.4 Å². The molecule has 168 valence electrons. The average Bonchev–Trinajstić information content (AvgIpc) is 2.61. The Balaban J connectivity index is 2.61. The summed E-state index contributed by atoms with van der Waals surface area (Å²) in [5.41, 5.74) is -4.87. The molecule has 0 saturated heterocycles. The summed E-state index contributed by atoms with van der Waals surface area (Å²) in [7, 11) is -4.22. The van der Waals surface area contributed by atoms with Gasteiger partial charge in [-0.2, -0.15) is 22.0 Å². The number of benzene rings is 2. The van der Waals surface area contributed by atoms with Gasteiger partial charge in [0.25, 0.3) is 11.6 Å². The number of nitrogens with one attached hydrogen (secondary N) is 1. The topological polar surface area (TPSA) is 116 Å². The Morgan fingerprint density at radius 3 is 2.00 bits per heavy atom. The number of sulfonamides is 1. The van der Waals surface area contributed by atoms with E-state index >= 15 is 0 Å². The lowest BCUT2D eigenvalue weighted by atomic mass is 10.1. The summed E-state index contributed by atoms with van der Waals surface area (Å²) in [5.74, 6) is -15.3. The zero-order valence-electron chi connectivity index (χ0n) is 14.7. The summed E-state index contributed by atoms with van der Waals surface area (Å²) < 4.78 is 121. The standard InChI is InChI=1S/C15H7F7N2O6S/c1-31(28,29)23-14(25)6-4-5(2-3-7(6)24(26)27)30-13-11(18)9(16)8(15(20,21)22)10(17)12(13)19/h2-4H,1H3,(H,23,25). The number of alkyl halides is 3. The molecule has 0 atom stereocenters.